The van der Waals surface area contributed by atoms with Gasteiger partial charge in [-0.3, -0.25) is 4.79 Å². The molecule has 0 radical (unpaired) electrons. The van der Waals surface area contributed by atoms with Crippen LogP contribution in [0, 0.1) is 5.92 Å². The van der Waals surface area contributed by atoms with Gasteiger partial charge in [0.05, 0.1) is 5.54 Å². The minimum atomic E-state index is -0.130. The topological polar surface area (TPSA) is 29.1 Å². The van der Waals surface area contributed by atoms with E-state index in [2.05, 4.69) is 12.2 Å². The SMILES string of the molecule is CCC1C[C@@]1(NC)C(C)=O. The summed E-state index contributed by atoms with van der Waals surface area (Å²) in [7, 11) is 1.87. The zero-order valence-corrected chi connectivity index (χ0v) is 6.90. The molecule has 0 heterocycles. The summed E-state index contributed by atoms with van der Waals surface area (Å²) in [5.74, 6) is 0.886. The Morgan fingerprint density at radius 1 is 1.80 bits per heavy atom. The fourth-order valence-electron chi connectivity index (χ4n) is 1.74. The maximum atomic E-state index is 11.1. The summed E-state index contributed by atoms with van der Waals surface area (Å²) in [5.41, 5.74) is -0.130. The average molecular weight is 141 g/mol. The number of nitrogens with one attached hydrogen (secondary N) is 1. The lowest BCUT2D eigenvalue weighted by atomic mass is 10.1. The van der Waals surface area contributed by atoms with Gasteiger partial charge in [0.15, 0.2) is 0 Å². The molecule has 1 aliphatic rings. The van der Waals surface area contributed by atoms with Crippen molar-refractivity contribution in [1.82, 2.24) is 5.32 Å². The van der Waals surface area contributed by atoms with Crippen molar-refractivity contribution in [2.24, 2.45) is 5.92 Å². The second-order valence-corrected chi connectivity index (χ2v) is 3.09. The predicted octanol–water partition coefficient (Wildman–Crippen LogP) is 0.964. The van der Waals surface area contributed by atoms with Crippen molar-refractivity contribution in [1.29, 1.82) is 0 Å². The third-order valence-corrected chi connectivity index (χ3v) is 2.67. The van der Waals surface area contributed by atoms with Gasteiger partial charge in [0.2, 0.25) is 0 Å². The van der Waals surface area contributed by atoms with Gasteiger partial charge >= 0.3 is 0 Å². The Labute approximate surface area is 62.0 Å². The van der Waals surface area contributed by atoms with E-state index in [4.69, 9.17) is 0 Å². The number of likely N-dealkylation sites (N-methyl/N-ethyl adjacent to an activating group) is 1. The van der Waals surface area contributed by atoms with Gasteiger partial charge in [0.1, 0.15) is 5.78 Å². The van der Waals surface area contributed by atoms with Gasteiger partial charge in [-0.25, -0.2) is 0 Å². The van der Waals surface area contributed by atoms with E-state index in [-0.39, 0.29) is 5.54 Å². The van der Waals surface area contributed by atoms with Crippen molar-refractivity contribution >= 4 is 5.78 Å². The maximum absolute atomic E-state index is 11.1. The lowest BCUT2D eigenvalue weighted by molar-refractivity contribution is -0.120. The van der Waals surface area contributed by atoms with Gasteiger partial charge in [-0.2, -0.15) is 0 Å². The molecule has 0 amide bonds. The van der Waals surface area contributed by atoms with Crippen LogP contribution in [0.3, 0.4) is 0 Å². The first-order chi connectivity index (χ1) is 4.67. The molecule has 0 spiro atoms. The van der Waals surface area contributed by atoms with Gasteiger partial charge in [-0.05, 0) is 26.3 Å². The molecule has 2 nitrogen and oxygen atoms in total. The summed E-state index contributed by atoms with van der Waals surface area (Å²) in [6.45, 7) is 3.80. The third kappa shape index (κ3) is 0.870. The molecule has 1 unspecified atom stereocenters. The predicted molar refractivity (Wildman–Crippen MR) is 40.9 cm³/mol. The molecule has 58 valence electrons. The number of carbonyl (C=O) groups excluding carboxylic acids is 1. The Morgan fingerprint density at radius 3 is 2.50 bits per heavy atom. The second kappa shape index (κ2) is 2.35. The summed E-state index contributed by atoms with van der Waals surface area (Å²) in [5, 5.41) is 3.10. The molecular weight excluding hydrogens is 126 g/mol. The molecule has 1 fully saturated rings. The highest BCUT2D eigenvalue weighted by atomic mass is 16.1. The lowest BCUT2D eigenvalue weighted by Gasteiger charge is -2.10. The van der Waals surface area contributed by atoms with E-state index >= 15 is 0 Å². The molecule has 0 aromatic rings. The molecule has 0 aromatic carbocycles. The Kier molecular flexibility index (Phi) is 1.82. The number of hydrogen-bond donors (Lipinski definition) is 1. The van der Waals surface area contributed by atoms with Crippen LogP contribution in [0.1, 0.15) is 26.7 Å². The highest BCUT2D eigenvalue weighted by molar-refractivity contribution is 5.89. The van der Waals surface area contributed by atoms with Crippen molar-refractivity contribution in [3.8, 4) is 0 Å². The van der Waals surface area contributed by atoms with Crippen molar-refractivity contribution in [3.05, 3.63) is 0 Å². The number of Topliss-reactive ketones (excluding diaryl/α,β-unsaturated/α-hetero) is 1. The van der Waals surface area contributed by atoms with E-state index in [9.17, 15) is 4.79 Å². The summed E-state index contributed by atoms with van der Waals surface area (Å²) in [6.07, 6.45) is 2.15. The molecule has 0 aliphatic heterocycles. The zero-order chi connectivity index (χ0) is 7.78. The van der Waals surface area contributed by atoms with Crippen molar-refractivity contribution < 1.29 is 4.79 Å². The molecule has 0 aromatic heterocycles. The number of hydrogen-bond acceptors (Lipinski definition) is 2. The summed E-state index contributed by atoms with van der Waals surface area (Å²) < 4.78 is 0. The first-order valence-electron chi connectivity index (χ1n) is 3.87. The van der Waals surface area contributed by atoms with Crippen LogP contribution in [0.4, 0.5) is 0 Å². The number of ketones is 1. The molecule has 1 N–H and O–H groups in total. The van der Waals surface area contributed by atoms with Crippen LogP contribution in [0.2, 0.25) is 0 Å². The molecule has 2 atom stereocenters. The quantitative estimate of drug-likeness (QED) is 0.634. The van der Waals surface area contributed by atoms with Crippen LogP contribution in [-0.4, -0.2) is 18.4 Å². The van der Waals surface area contributed by atoms with Crippen LogP contribution in [0.25, 0.3) is 0 Å². The maximum Gasteiger partial charge on any atom is 0.150 e. The van der Waals surface area contributed by atoms with E-state index in [1.54, 1.807) is 6.92 Å². The molecule has 1 rings (SSSR count). The Bertz CT molecular complexity index is 155. The third-order valence-electron chi connectivity index (χ3n) is 2.67. The van der Waals surface area contributed by atoms with Crippen LogP contribution < -0.4 is 5.32 Å². The molecule has 1 aliphatic carbocycles. The number of rotatable bonds is 3. The molecule has 0 bridgehead atoms. The highest BCUT2D eigenvalue weighted by Gasteiger charge is 2.55. The van der Waals surface area contributed by atoms with Crippen molar-refractivity contribution in [2.45, 2.75) is 32.2 Å². The van der Waals surface area contributed by atoms with E-state index in [0.29, 0.717) is 11.7 Å². The smallest absolute Gasteiger partial charge is 0.150 e. The summed E-state index contributed by atoms with van der Waals surface area (Å²) in [4.78, 5) is 11.1. The van der Waals surface area contributed by atoms with E-state index < -0.39 is 0 Å². The molecule has 2 heteroatoms. The fourth-order valence-corrected chi connectivity index (χ4v) is 1.74. The molecular formula is C8H15NO. The van der Waals surface area contributed by atoms with E-state index in [1.165, 1.54) is 0 Å². The minimum absolute atomic E-state index is 0.130. The van der Waals surface area contributed by atoms with Crippen LogP contribution in [0.5, 0.6) is 0 Å². The lowest BCUT2D eigenvalue weighted by Crippen LogP contribution is -2.37. The Balaban J connectivity index is 2.59. The Hall–Kier alpha value is -0.370. The van der Waals surface area contributed by atoms with Gasteiger partial charge in [0.25, 0.3) is 0 Å². The standard InChI is InChI=1S/C8H15NO/c1-4-7-5-8(7,9-3)6(2)10/h7,9H,4-5H2,1-3H3/t7?,8-/m1/s1. The van der Waals surface area contributed by atoms with Gasteiger partial charge in [0, 0.05) is 0 Å². The molecule has 0 saturated heterocycles. The van der Waals surface area contributed by atoms with Crippen molar-refractivity contribution in [3.63, 3.8) is 0 Å². The van der Waals surface area contributed by atoms with Gasteiger partial charge in [-0.1, -0.05) is 13.3 Å². The molecule has 1 saturated carbocycles. The summed E-state index contributed by atoms with van der Waals surface area (Å²) in [6, 6.07) is 0. The van der Waals surface area contributed by atoms with E-state index in [0.717, 1.165) is 12.8 Å². The first kappa shape index (κ1) is 7.73. The Morgan fingerprint density at radius 2 is 2.40 bits per heavy atom. The second-order valence-electron chi connectivity index (χ2n) is 3.09. The zero-order valence-electron chi connectivity index (χ0n) is 6.90. The number of carbonyl (C=O) groups is 1. The first-order valence-corrected chi connectivity index (χ1v) is 3.87. The van der Waals surface area contributed by atoms with Gasteiger partial charge in [-0.15, -0.1) is 0 Å². The normalized spacial score (nSPS) is 37.7. The fraction of sp³-hybridized carbons (Fsp3) is 0.875. The monoisotopic (exact) mass is 141 g/mol. The van der Waals surface area contributed by atoms with Crippen molar-refractivity contribution in [2.75, 3.05) is 7.05 Å². The summed E-state index contributed by atoms with van der Waals surface area (Å²) >= 11 is 0. The highest BCUT2D eigenvalue weighted by Crippen LogP contribution is 2.45. The minimum Gasteiger partial charge on any atom is -0.308 e. The molecule has 10 heavy (non-hydrogen) atoms. The van der Waals surface area contributed by atoms with Crippen LogP contribution in [-0.2, 0) is 4.79 Å². The van der Waals surface area contributed by atoms with E-state index in [1.807, 2.05) is 7.05 Å². The average Bonchev–Trinajstić information content (AvgIpc) is 2.62. The largest absolute Gasteiger partial charge is 0.308 e. The van der Waals surface area contributed by atoms with Gasteiger partial charge < -0.3 is 5.32 Å². The van der Waals surface area contributed by atoms with Crippen LogP contribution >= 0.6 is 0 Å². The van der Waals surface area contributed by atoms with Crippen LogP contribution in [0.15, 0.2) is 0 Å².